The van der Waals surface area contributed by atoms with Crippen molar-refractivity contribution >= 4 is 35.1 Å². The molecule has 0 bridgehead atoms. The number of hydrogen-bond donors (Lipinski definition) is 1. The van der Waals surface area contributed by atoms with Crippen LogP contribution in [0.3, 0.4) is 0 Å². The number of aromatic nitrogens is 1. The number of nitrogens with two attached hydrogens (primary N) is 1. The molecule has 0 aliphatic carbocycles. The molecule has 0 atom stereocenters. The molecule has 120 valence electrons. The van der Waals surface area contributed by atoms with Crippen molar-refractivity contribution in [2.24, 2.45) is 0 Å². The van der Waals surface area contributed by atoms with Crippen LogP contribution in [0.1, 0.15) is 42.6 Å². The average molecular weight is 338 g/mol. The van der Waals surface area contributed by atoms with Crippen molar-refractivity contribution in [3.8, 4) is 0 Å². The van der Waals surface area contributed by atoms with Crippen LogP contribution in [0.15, 0.2) is 24.4 Å². The van der Waals surface area contributed by atoms with Crippen LogP contribution in [0.25, 0.3) is 0 Å². The summed E-state index contributed by atoms with van der Waals surface area (Å²) in [5.74, 6) is 0. The molecule has 2 aromatic rings. The van der Waals surface area contributed by atoms with Gasteiger partial charge in [0.25, 0.3) is 0 Å². The molecular weight excluding hydrogens is 314 g/mol. The van der Waals surface area contributed by atoms with E-state index in [1.807, 2.05) is 23.6 Å². The van der Waals surface area contributed by atoms with Gasteiger partial charge in [0.1, 0.15) is 5.01 Å². The Labute approximate surface area is 143 Å². The maximum atomic E-state index is 6.12. The van der Waals surface area contributed by atoms with Gasteiger partial charge in [0.2, 0.25) is 0 Å². The first-order valence-corrected chi connectivity index (χ1v) is 8.34. The number of benzene rings is 1. The van der Waals surface area contributed by atoms with Crippen LogP contribution < -0.4 is 10.6 Å². The summed E-state index contributed by atoms with van der Waals surface area (Å²) in [4.78, 5) is 8.38. The van der Waals surface area contributed by atoms with Gasteiger partial charge in [-0.15, -0.1) is 23.7 Å². The van der Waals surface area contributed by atoms with E-state index in [9.17, 15) is 0 Å². The number of thiazole rings is 1. The van der Waals surface area contributed by atoms with E-state index in [2.05, 4.69) is 42.8 Å². The van der Waals surface area contributed by atoms with E-state index < -0.39 is 0 Å². The maximum Gasteiger partial charge on any atom is 0.112 e. The summed E-state index contributed by atoms with van der Waals surface area (Å²) < 4.78 is 0. The first-order valence-electron chi connectivity index (χ1n) is 7.52. The van der Waals surface area contributed by atoms with Crippen LogP contribution in [0.2, 0.25) is 0 Å². The van der Waals surface area contributed by atoms with Crippen LogP contribution in [0, 0.1) is 0 Å². The zero-order valence-electron chi connectivity index (χ0n) is 13.4. The molecule has 1 aromatic carbocycles. The van der Waals surface area contributed by atoms with E-state index in [4.69, 9.17) is 5.73 Å². The summed E-state index contributed by atoms with van der Waals surface area (Å²) >= 11 is 1.83. The number of halogens is 1. The number of nitrogen functional groups attached to an aromatic ring is 1. The molecule has 0 saturated heterocycles. The van der Waals surface area contributed by atoms with Crippen LogP contribution in [-0.4, -0.2) is 11.5 Å². The number of fused-ring (bicyclic) bond motifs is 1. The van der Waals surface area contributed by atoms with Gasteiger partial charge in [0.15, 0.2) is 0 Å². The molecule has 1 aliphatic heterocycles. The fraction of sp³-hybridized carbons (Fsp3) is 0.471. The second kappa shape index (κ2) is 6.47. The molecule has 5 heteroatoms. The molecule has 3 nitrogen and oxygen atoms in total. The molecule has 0 unspecified atom stereocenters. The van der Waals surface area contributed by atoms with Crippen LogP contribution in [0.4, 0.5) is 11.4 Å². The predicted molar refractivity (Wildman–Crippen MR) is 98.3 cm³/mol. The molecule has 1 aromatic heterocycles. The van der Waals surface area contributed by atoms with Crippen molar-refractivity contribution in [2.75, 3.05) is 17.2 Å². The molecule has 0 spiro atoms. The van der Waals surface area contributed by atoms with E-state index in [1.54, 1.807) is 0 Å². The highest BCUT2D eigenvalue weighted by Crippen LogP contribution is 2.34. The lowest BCUT2D eigenvalue weighted by Crippen LogP contribution is -2.29. The van der Waals surface area contributed by atoms with Crippen molar-refractivity contribution in [2.45, 2.75) is 45.6 Å². The Hall–Kier alpha value is -1.26. The van der Waals surface area contributed by atoms with Crippen molar-refractivity contribution in [1.82, 2.24) is 4.98 Å². The van der Waals surface area contributed by atoms with Gasteiger partial charge in [0.05, 0.1) is 6.54 Å². The smallest absolute Gasteiger partial charge is 0.112 e. The Morgan fingerprint density at radius 1 is 1.32 bits per heavy atom. The molecular formula is C17H24ClN3S. The topological polar surface area (TPSA) is 42.2 Å². The van der Waals surface area contributed by atoms with E-state index in [0.717, 1.165) is 25.2 Å². The molecule has 22 heavy (non-hydrogen) atoms. The number of rotatable bonds is 2. The van der Waals surface area contributed by atoms with E-state index in [0.29, 0.717) is 0 Å². The van der Waals surface area contributed by atoms with Gasteiger partial charge in [-0.1, -0.05) is 26.8 Å². The van der Waals surface area contributed by atoms with Crippen molar-refractivity contribution in [3.05, 3.63) is 39.8 Å². The quantitative estimate of drug-likeness (QED) is 0.826. The average Bonchev–Trinajstić information content (AvgIpc) is 2.89. The molecule has 2 N–H and O–H groups in total. The zero-order valence-corrected chi connectivity index (χ0v) is 15.1. The molecule has 0 radical (unpaired) electrons. The predicted octanol–water partition coefficient (Wildman–Crippen LogP) is 4.40. The van der Waals surface area contributed by atoms with Gasteiger partial charge in [-0.2, -0.15) is 0 Å². The second-order valence-electron chi connectivity index (χ2n) is 6.74. The highest BCUT2D eigenvalue weighted by molar-refractivity contribution is 7.11. The van der Waals surface area contributed by atoms with E-state index in [-0.39, 0.29) is 17.8 Å². The normalized spacial score (nSPS) is 14.4. The van der Waals surface area contributed by atoms with E-state index >= 15 is 0 Å². The largest absolute Gasteiger partial charge is 0.398 e. The Balaban J connectivity index is 0.00000176. The van der Waals surface area contributed by atoms with Crippen molar-refractivity contribution in [1.29, 1.82) is 0 Å². The molecule has 0 amide bonds. The lowest BCUT2D eigenvalue weighted by atomic mass is 9.96. The number of hydrogen-bond acceptors (Lipinski definition) is 4. The third-order valence-corrected chi connectivity index (χ3v) is 5.41. The van der Waals surface area contributed by atoms with Gasteiger partial charge < -0.3 is 10.6 Å². The molecule has 1 aliphatic rings. The Bertz CT molecular complexity index is 646. The van der Waals surface area contributed by atoms with Crippen LogP contribution >= 0.6 is 23.7 Å². The minimum Gasteiger partial charge on any atom is -0.398 e. The summed E-state index contributed by atoms with van der Waals surface area (Å²) in [6.45, 7) is 8.68. The monoisotopic (exact) mass is 337 g/mol. The summed E-state index contributed by atoms with van der Waals surface area (Å²) in [7, 11) is 0. The third-order valence-electron chi connectivity index (χ3n) is 4.00. The molecule has 3 rings (SSSR count). The Kier molecular flexibility index (Phi) is 5.03. The van der Waals surface area contributed by atoms with Crippen LogP contribution in [0.5, 0.6) is 0 Å². The zero-order chi connectivity index (χ0) is 15.0. The molecule has 0 fully saturated rings. The van der Waals surface area contributed by atoms with Crippen molar-refractivity contribution in [3.63, 3.8) is 0 Å². The number of anilines is 2. The minimum atomic E-state index is 0. The fourth-order valence-corrected chi connectivity index (χ4v) is 3.78. The maximum absolute atomic E-state index is 6.12. The van der Waals surface area contributed by atoms with Crippen molar-refractivity contribution < 1.29 is 0 Å². The SMILES string of the molecule is CC(C)(C)c1cnc(CN2CCCc3c(N)cccc32)s1.Cl. The standard InChI is InChI=1S/C17H23N3S.ClH/c1-17(2,3)15-10-19-16(21-15)11-20-9-5-6-12-13(18)7-4-8-14(12)20;/h4,7-8,10H,5-6,9,11,18H2,1-3H3;1H. The van der Waals surface area contributed by atoms with E-state index in [1.165, 1.54) is 27.6 Å². The summed E-state index contributed by atoms with van der Waals surface area (Å²) in [5, 5.41) is 1.19. The molecule has 0 saturated carbocycles. The lowest BCUT2D eigenvalue weighted by molar-refractivity contribution is 0.602. The first-order chi connectivity index (χ1) is 9.95. The summed E-state index contributed by atoms with van der Waals surface area (Å²) in [5.41, 5.74) is 9.81. The highest BCUT2D eigenvalue weighted by Gasteiger charge is 2.21. The minimum absolute atomic E-state index is 0. The van der Waals surface area contributed by atoms with Crippen LogP contribution in [-0.2, 0) is 18.4 Å². The van der Waals surface area contributed by atoms with Gasteiger partial charge in [-0.25, -0.2) is 4.98 Å². The summed E-state index contributed by atoms with van der Waals surface area (Å²) in [6, 6.07) is 6.24. The Morgan fingerprint density at radius 3 is 2.77 bits per heavy atom. The van der Waals surface area contributed by atoms with Gasteiger partial charge >= 0.3 is 0 Å². The summed E-state index contributed by atoms with van der Waals surface area (Å²) in [6.07, 6.45) is 4.28. The number of nitrogens with zero attached hydrogens (tertiary/aromatic N) is 2. The fourth-order valence-electron chi connectivity index (χ4n) is 2.79. The van der Waals surface area contributed by atoms with Gasteiger partial charge in [-0.05, 0) is 36.0 Å². The third kappa shape index (κ3) is 3.39. The second-order valence-corrected chi connectivity index (χ2v) is 7.85. The Morgan fingerprint density at radius 2 is 2.09 bits per heavy atom. The highest BCUT2D eigenvalue weighted by atomic mass is 35.5. The van der Waals surface area contributed by atoms with Gasteiger partial charge in [-0.3, -0.25) is 0 Å². The van der Waals surface area contributed by atoms with Gasteiger partial charge in [0, 0.05) is 29.0 Å². The lowest BCUT2D eigenvalue weighted by Gasteiger charge is -2.31. The molecule has 2 heterocycles. The first kappa shape index (κ1) is 17.1.